The van der Waals surface area contributed by atoms with Gasteiger partial charge in [-0.05, 0) is 45.2 Å². The van der Waals surface area contributed by atoms with Crippen molar-refractivity contribution in [2.75, 3.05) is 19.6 Å². The van der Waals surface area contributed by atoms with Gasteiger partial charge in [-0.2, -0.15) is 0 Å². The summed E-state index contributed by atoms with van der Waals surface area (Å²) >= 11 is 0. The van der Waals surface area contributed by atoms with Crippen LogP contribution in [0.4, 0.5) is 0 Å². The Labute approximate surface area is 170 Å². The highest BCUT2D eigenvalue weighted by Gasteiger charge is 2.31. The van der Waals surface area contributed by atoms with Gasteiger partial charge in [0.25, 0.3) is 0 Å². The summed E-state index contributed by atoms with van der Waals surface area (Å²) < 4.78 is 5.39. The number of hydrogen-bond donors (Lipinski definition) is 2. The van der Waals surface area contributed by atoms with Gasteiger partial charge in [-0.3, -0.25) is 9.89 Å². The molecule has 0 spiro atoms. The Morgan fingerprint density at radius 2 is 2.12 bits per heavy atom. The quantitative estimate of drug-likeness (QED) is 0.370. The highest BCUT2D eigenvalue weighted by Crippen LogP contribution is 2.18. The first-order valence-corrected chi connectivity index (χ1v) is 9.33. The van der Waals surface area contributed by atoms with E-state index in [0.717, 1.165) is 44.2 Å². The molecule has 5 nitrogen and oxygen atoms in total. The zero-order valence-electron chi connectivity index (χ0n) is 16.3. The summed E-state index contributed by atoms with van der Waals surface area (Å²) in [4.78, 5) is 7.30. The number of guanidine groups is 1. The summed E-state index contributed by atoms with van der Waals surface area (Å²) in [5.41, 5.74) is 0. The summed E-state index contributed by atoms with van der Waals surface area (Å²) in [5, 5.41) is 7.19. The van der Waals surface area contributed by atoms with Crippen LogP contribution in [0.15, 0.2) is 27.8 Å². The SMILES string of the molecule is CCC(C)NC(=NCCc1ccco1)NC1CN(C(C)C)CC1C.I. The van der Waals surface area contributed by atoms with Crippen LogP contribution >= 0.6 is 24.0 Å². The van der Waals surface area contributed by atoms with E-state index in [1.54, 1.807) is 6.26 Å². The van der Waals surface area contributed by atoms with Crippen LogP contribution in [0.2, 0.25) is 0 Å². The predicted octanol–water partition coefficient (Wildman–Crippen LogP) is 3.50. The molecule has 3 unspecified atom stereocenters. The molecule has 1 aromatic rings. The third-order valence-electron chi connectivity index (χ3n) is 4.90. The van der Waals surface area contributed by atoms with Crippen molar-refractivity contribution in [1.82, 2.24) is 15.5 Å². The van der Waals surface area contributed by atoms with Crippen LogP contribution in [0.25, 0.3) is 0 Å². The smallest absolute Gasteiger partial charge is 0.191 e. The van der Waals surface area contributed by atoms with Gasteiger partial charge in [0.1, 0.15) is 5.76 Å². The predicted molar refractivity (Wildman–Crippen MR) is 116 cm³/mol. The lowest BCUT2D eigenvalue weighted by atomic mass is 10.1. The number of hydrogen-bond acceptors (Lipinski definition) is 3. The van der Waals surface area contributed by atoms with Gasteiger partial charge in [-0.15, -0.1) is 24.0 Å². The summed E-state index contributed by atoms with van der Waals surface area (Å²) in [6.07, 6.45) is 3.63. The van der Waals surface area contributed by atoms with Crippen molar-refractivity contribution in [1.29, 1.82) is 0 Å². The van der Waals surface area contributed by atoms with Crippen LogP contribution in [0.1, 0.15) is 46.8 Å². The Hall–Kier alpha value is -0.760. The Balaban J connectivity index is 0.00000312. The molecule has 0 amide bonds. The van der Waals surface area contributed by atoms with Gasteiger partial charge in [-0.25, -0.2) is 0 Å². The summed E-state index contributed by atoms with van der Waals surface area (Å²) in [7, 11) is 0. The van der Waals surface area contributed by atoms with Crippen LogP contribution in [0, 0.1) is 5.92 Å². The molecule has 1 fully saturated rings. The maximum Gasteiger partial charge on any atom is 0.191 e. The molecule has 2 rings (SSSR count). The average molecular weight is 462 g/mol. The van der Waals surface area contributed by atoms with Gasteiger partial charge in [-0.1, -0.05) is 13.8 Å². The number of furan rings is 1. The molecule has 25 heavy (non-hydrogen) atoms. The summed E-state index contributed by atoms with van der Waals surface area (Å²) in [6.45, 7) is 14.2. The van der Waals surface area contributed by atoms with Gasteiger partial charge in [0, 0.05) is 44.2 Å². The average Bonchev–Trinajstić information content (AvgIpc) is 3.17. The number of nitrogens with one attached hydrogen (secondary N) is 2. The van der Waals surface area contributed by atoms with E-state index in [9.17, 15) is 0 Å². The Kier molecular flexibility index (Phi) is 9.86. The first-order chi connectivity index (χ1) is 11.5. The van der Waals surface area contributed by atoms with Gasteiger partial charge in [0.2, 0.25) is 0 Å². The largest absolute Gasteiger partial charge is 0.469 e. The molecule has 0 saturated carbocycles. The van der Waals surface area contributed by atoms with E-state index in [0.29, 0.717) is 24.0 Å². The van der Waals surface area contributed by atoms with Crippen LogP contribution in [-0.4, -0.2) is 48.6 Å². The normalized spacial score (nSPS) is 22.7. The van der Waals surface area contributed by atoms with E-state index in [2.05, 4.69) is 50.2 Å². The lowest BCUT2D eigenvalue weighted by molar-refractivity contribution is 0.265. The molecule has 1 saturated heterocycles. The minimum atomic E-state index is 0. The molecule has 1 aromatic heterocycles. The van der Waals surface area contributed by atoms with Crippen molar-refractivity contribution < 1.29 is 4.42 Å². The van der Waals surface area contributed by atoms with Crippen LogP contribution in [-0.2, 0) is 6.42 Å². The van der Waals surface area contributed by atoms with E-state index in [4.69, 9.17) is 9.41 Å². The zero-order valence-corrected chi connectivity index (χ0v) is 18.6. The number of halogens is 1. The third-order valence-corrected chi connectivity index (χ3v) is 4.90. The van der Waals surface area contributed by atoms with Gasteiger partial charge in [0.15, 0.2) is 5.96 Å². The molecule has 6 heteroatoms. The standard InChI is InChI=1S/C19H34N4O.HI/c1-6-16(5)21-19(20-10-9-17-8-7-11-24-17)22-18-13-23(14(2)3)12-15(18)4;/h7-8,11,14-16,18H,6,9-10,12-13H2,1-5H3,(H2,20,21,22);1H. The van der Waals surface area contributed by atoms with E-state index in [1.807, 2.05) is 12.1 Å². The molecular formula is C19H35IN4O. The third kappa shape index (κ3) is 7.17. The number of rotatable bonds is 7. The number of nitrogens with zero attached hydrogens (tertiary/aromatic N) is 2. The molecule has 0 radical (unpaired) electrons. The maximum atomic E-state index is 5.39. The minimum Gasteiger partial charge on any atom is -0.469 e. The lowest BCUT2D eigenvalue weighted by Gasteiger charge is -2.23. The Morgan fingerprint density at radius 1 is 1.36 bits per heavy atom. The fourth-order valence-electron chi connectivity index (χ4n) is 2.99. The topological polar surface area (TPSA) is 52.8 Å². The molecule has 2 N–H and O–H groups in total. The second kappa shape index (κ2) is 11.1. The monoisotopic (exact) mass is 462 g/mol. The van der Waals surface area contributed by atoms with E-state index in [1.165, 1.54) is 0 Å². The lowest BCUT2D eigenvalue weighted by Crippen LogP contribution is -2.49. The molecule has 1 aliphatic heterocycles. The summed E-state index contributed by atoms with van der Waals surface area (Å²) in [5.74, 6) is 2.54. The van der Waals surface area contributed by atoms with Crippen LogP contribution in [0.5, 0.6) is 0 Å². The van der Waals surface area contributed by atoms with Gasteiger partial charge >= 0.3 is 0 Å². The molecule has 2 heterocycles. The van der Waals surface area contributed by atoms with Crippen molar-refractivity contribution in [3.05, 3.63) is 24.2 Å². The molecule has 1 aliphatic rings. The number of aliphatic imine (C=N–C) groups is 1. The fraction of sp³-hybridized carbons (Fsp3) is 0.737. The highest BCUT2D eigenvalue weighted by molar-refractivity contribution is 14.0. The van der Waals surface area contributed by atoms with Crippen molar-refractivity contribution in [2.45, 2.75) is 65.6 Å². The second-order valence-electron chi connectivity index (χ2n) is 7.29. The van der Waals surface area contributed by atoms with E-state index < -0.39 is 0 Å². The molecule has 0 aliphatic carbocycles. The Morgan fingerprint density at radius 3 is 2.68 bits per heavy atom. The fourth-order valence-corrected chi connectivity index (χ4v) is 2.99. The van der Waals surface area contributed by atoms with Crippen molar-refractivity contribution in [3.63, 3.8) is 0 Å². The van der Waals surface area contributed by atoms with Gasteiger partial charge < -0.3 is 15.1 Å². The highest BCUT2D eigenvalue weighted by atomic mass is 127. The maximum absolute atomic E-state index is 5.39. The summed E-state index contributed by atoms with van der Waals surface area (Å²) in [6, 6.07) is 5.39. The van der Waals surface area contributed by atoms with Crippen molar-refractivity contribution in [2.24, 2.45) is 10.9 Å². The van der Waals surface area contributed by atoms with Crippen LogP contribution in [0.3, 0.4) is 0 Å². The molecular weight excluding hydrogens is 427 g/mol. The molecule has 144 valence electrons. The molecule has 0 aromatic carbocycles. The van der Waals surface area contributed by atoms with E-state index in [-0.39, 0.29) is 24.0 Å². The van der Waals surface area contributed by atoms with Crippen molar-refractivity contribution in [3.8, 4) is 0 Å². The van der Waals surface area contributed by atoms with E-state index >= 15 is 0 Å². The van der Waals surface area contributed by atoms with Crippen molar-refractivity contribution >= 4 is 29.9 Å². The minimum absolute atomic E-state index is 0. The second-order valence-corrected chi connectivity index (χ2v) is 7.29. The molecule has 0 bridgehead atoms. The first-order valence-electron chi connectivity index (χ1n) is 9.33. The van der Waals surface area contributed by atoms with Crippen LogP contribution < -0.4 is 10.6 Å². The van der Waals surface area contributed by atoms with Gasteiger partial charge in [0.05, 0.1) is 6.26 Å². The first kappa shape index (κ1) is 22.3. The molecule has 3 atom stereocenters. The Bertz CT molecular complexity index is 504. The zero-order chi connectivity index (χ0) is 17.5. The number of likely N-dealkylation sites (tertiary alicyclic amines) is 1.